The van der Waals surface area contributed by atoms with Crippen molar-refractivity contribution in [1.29, 1.82) is 0 Å². The number of rotatable bonds is 7. The number of nitrogens with zero attached hydrogens (tertiary/aromatic N) is 3. The van der Waals surface area contributed by atoms with Gasteiger partial charge in [-0.15, -0.1) is 11.3 Å². The first kappa shape index (κ1) is 15.2. The largest absolute Gasteiger partial charge is 0.309 e. The van der Waals surface area contributed by atoms with Crippen LogP contribution in [0.1, 0.15) is 48.3 Å². The molecule has 0 spiro atoms. The molecule has 2 aromatic heterocycles. The standard InChI is InChI=1S/C15H24N4S/c1-5-7-16-14(15-11(3)17-10-20-15)9-13-8-12(6-2)18-19(13)4/h8,10,14,16H,5-7,9H2,1-4H3. The summed E-state index contributed by atoms with van der Waals surface area (Å²) < 4.78 is 2.01. The molecular weight excluding hydrogens is 268 g/mol. The van der Waals surface area contributed by atoms with Gasteiger partial charge in [0, 0.05) is 30.1 Å². The Hall–Kier alpha value is -1.20. The van der Waals surface area contributed by atoms with E-state index in [1.165, 1.54) is 10.6 Å². The summed E-state index contributed by atoms with van der Waals surface area (Å²) in [7, 11) is 2.03. The highest BCUT2D eigenvalue weighted by Crippen LogP contribution is 2.25. The Morgan fingerprint density at radius 1 is 1.40 bits per heavy atom. The first-order valence-electron chi connectivity index (χ1n) is 7.30. The topological polar surface area (TPSA) is 42.7 Å². The minimum atomic E-state index is 0.336. The average Bonchev–Trinajstić information content (AvgIpc) is 3.01. The Kier molecular flexibility index (Phi) is 5.31. The van der Waals surface area contributed by atoms with Gasteiger partial charge < -0.3 is 5.32 Å². The van der Waals surface area contributed by atoms with Gasteiger partial charge in [0.25, 0.3) is 0 Å². The normalized spacial score (nSPS) is 12.8. The van der Waals surface area contributed by atoms with Crippen molar-refractivity contribution in [1.82, 2.24) is 20.1 Å². The molecule has 4 nitrogen and oxygen atoms in total. The third kappa shape index (κ3) is 3.46. The molecule has 1 N–H and O–H groups in total. The fraction of sp³-hybridized carbons (Fsp3) is 0.600. The summed E-state index contributed by atoms with van der Waals surface area (Å²) >= 11 is 1.74. The highest BCUT2D eigenvalue weighted by atomic mass is 32.1. The molecule has 0 radical (unpaired) electrons. The number of hydrogen-bond donors (Lipinski definition) is 1. The van der Waals surface area contributed by atoms with Crippen LogP contribution in [0.2, 0.25) is 0 Å². The molecule has 2 heterocycles. The van der Waals surface area contributed by atoms with Crippen molar-refractivity contribution in [2.24, 2.45) is 7.05 Å². The summed E-state index contributed by atoms with van der Waals surface area (Å²) in [6.45, 7) is 7.46. The quantitative estimate of drug-likeness (QED) is 0.853. The molecule has 20 heavy (non-hydrogen) atoms. The predicted octanol–water partition coefficient (Wildman–Crippen LogP) is 3.03. The van der Waals surface area contributed by atoms with E-state index in [4.69, 9.17) is 0 Å². The summed E-state index contributed by atoms with van der Waals surface area (Å²) in [5, 5.41) is 8.19. The number of aryl methyl sites for hydroxylation is 3. The lowest BCUT2D eigenvalue weighted by atomic mass is 10.1. The van der Waals surface area contributed by atoms with Gasteiger partial charge in [0.05, 0.1) is 16.9 Å². The van der Waals surface area contributed by atoms with E-state index in [0.717, 1.165) is 37.2 Å². The van der Waals surface area contributed by atoms with Crippen molar-refractivity contribution in [2.45, 2.75) is 46.1 Å². The molecule has 0 saturated carbocycles. The molecule has 0 amide bonds. The number of hydrogen-bond acceptors (Lipinski definition) is 4. The van der Waals surface area contributed by atoms with Crippen LogP contribution >= 0.6 is 11.3 Å². The van der Waals surface area contributed by atoms with E-state index >= 15 is 0 Å². The van der Waals surface area contributed by atoms with Crippen LogP contribution in [0.5, 0.6) is 0 Å². The van der Waals surface area contributed by atoms with Gasteiger partial charge >= 0.3 is 0 Å². The number of thiazole rings is 1. The van der Waals surface area contributed by atoms with E-state index < -0.39 is 0 Å². The van der Waals surface area contributed by atoms with E-state index in [2.05, 4.69) is 42.2 Å². The van der Waals surface area contributed by atoms with Crippen LogP contribution in [0.3, 0.4) is 0 Å². The Morgan fingerprint density at radius 3 is 2.75 bits per heavy atom. The second-order valence-corrected chi connectivity index (χ2v) is 6.00. The molecule has 0 fully saturated rings. The predicted molar refractivity (Wildman–Crippen MR) is 84.2 cm³/mol. The number of nitrogens with one attached hydrogen (secondary N) is 1. The fourth-order valence-corrected chi connectivity index (χ4v) is 3.24. The van der Waals surface area contributed by atoms with Crippen molar-refractivity contribution in [2.75, 3.05) is 6.54 Å². The van der Waals surface area contributed by atoms with Crippen molar-refractivity contribution in [3.8, 4) is 0 Å². The summed E-state index contributed by atoms with van der Waals surface area (Å²) in [6.07, 6.45) is 3.09. The second-order valence-electron chi connectivity index (χ2n) is 5.12. The van der Waals surface area contributed by atoms with Crippen molar-refractivity contribution in [3.05, 3.63) is 33.5 Å². The van der Waals surface area contributed by atoms with Gasteiger partial charge in [0.2, 0.25) is 0 Å². The Bertz CT molecular complexity index is 544. The van der Waals surface area contributed by atoms with Crippen LogP contribution in [-0.2, 0) is 19.9 Å². The highest BCUT2D eigenvalue weighted by Gasteiger charge is 2.18. The third-order valence-corrected chi connectivity index (χ3v) is 4.59. The Balaban J connectivity index is 2.19. The highest BCUT2D eigenvalue weighted by molar-refractivity contribution is 7.09. The molecule has 2 aromatic rings. The van der Waals surface area contributed by atoms with Crippen LogP contribution in [0.15, 0.2) is 11.6 Å². The zero-order chi connectivity index (χ0) is 14.5. The lowest BCUT2D eigenvalue weighted by molar-refractivity contribution is 0.516. The molecule has 0 bridgehead atoms. The van der Waals surface area contributed by atoms with Crippen LogP contribution in [-0.4, -0.2) is 21.3 Å². The minimum Gasteiger partial charge on any atom is -0.309 e. The van der Waals surface area contributed by atoms with Crippen LogP contribution in [0.4, 0.5) is 0 Å². The SMILES string of the molecule is CCCNC(Cc1cc(CC)nn1C)c1scnc1C. The molecule has 0 saturated heterocycles. The second kappa shape index (κ2) is 6.99. The van der Waals surface area contributed by atoms with Gasteiger partial charge in [-0.2, -0.15) is 5.10 Å². The smallest absolute Gasteiger partial charge is 0.0798 e. The molecule has 1 unspecified atom stereocenters. The molecule has 0 aromatic carbocycles. The van der Waals surface area contributed by atoms with Gasteiger partial charge in [0.15, 0.2) is 0 Å². The lowest BCUT2D eigenvalue weighted by Crippen LogP contribution is -2.24. The maximum absolute atomic E-state index is 4.54. The molecule has 0 aliphatic carbocycles. The first-order valence-corrected chi connectivity index (χ1v) is 8.18. The molecule has 5 heteroatoms. The summed E-state index contributed by atoms with van der Waals surface area (Å²) in [5.41, 5.74) is 5.52. The minimum absolute atomic E-state index is 0.336. The zero-order valence-corrected chi connectivity index (χ0v) is 13.6. The van der Waals surface area contributed by atoms with E-state index in [9.17, 15) is 0 Å². The monoisotopic (exact) mass is 292 g/mol. The van der Waals surface area contributed by atoms with Crippen molar-refractivity contribution in [3.63, 3.8) is 0 Å². The maximum Gasteiger partial charge on any atom is 0.0798 e. The molecular formula is C15H24N4S. The summed E-state index contributed by atoms with van der Waals surface area (Å²) in [5.74, 6) is 0. The van der Waals surface area contributed by atoms with E-state index in [1.54, 1.807) is 11.3 Å². The Morgan fingerprint density at radius 2 is 2.20 bits per heavy atom. The van der Waals surface area contributed by atoms with Crippen LogP contribution in [0, 0.1) is 6.92 Å². The molecule has 0 aliphatic rings. The average molecular weight is 292 g/mol. The molecule has 110 valence electrons. The zero-order valence-electron chi connectivity index (χ0n) is 12.8. The first-order chi connectivity index (χ1) is 9.65. The molecule has 0 aliphatic heterocycles. The van der Waals surface area contributed by atoms with Crippen molar-refractivity contribution < 1.29 is 0 Å². The van der Waals surface area contributed by atoms with Crippen molar-refractivity contribution >= 4 is 11.3 Å². The van der Waals surface area contributed by atoms with Crippen LogP contribution < -0.4 is 5.32 Å². The van der Waals surface area contributed by atoms with Crippen LogP contribution in [0.25, 0.3) is 0 Å². The molecule has 2 rings (SSSR count). The van der Waals surface area contributed by atoms with Gasteiger partial charge in [-0.05, 0) is 32.4 Å². The lowest BCUT2D eigenvalue weighted by Gasteiger charge is -2.17. The van der Waals surface area contributed by atoms with Gasteiger partial charge in [-0.3, -0.25) is 4.68 Å². The molecule has 1 atom stereocenters. The van der Waals surface area contributed by atoms with E-state index in [-0.39, 0.29) is 0 Å². The van der Waals surface area contributed by atoms with Gasteiger partial charge in [-0.1, -0.05) is 13.8 Å². The number of aromatic nitrogens is 3. The van der Waals surface area contributed by atoms with Gasteiger partial charge in [0.1, 0.15) is 0 Å². The third-order valence-electron chi connectivity index (χ3n) is 3.54. The van der Waals surface area contributed by atoms with E-state index in [0.29, 0.717) is 6.04 Å². The fourth-order valence-electron chi connectivity index (χ4n) is 2.37. The Labute approximate surface area is 125 Å². The maximum atomic E-state index is 4.54. The summed E-state index contributed by atoms with van der Waals surface area (Å²) in [4.78, 5) is 5.73. The summed E-state index contributed by atoms with van der Waals surface area (Å²) in [6, 6.07) is 2.55. The van der Waals surface area contributed by atoms with Gasteiger partial charge in [-0.25, -0.2) is 4.98 Å². The van der Waals surface area contributed by atoms with E-state index in [1.807, 2.05) is 17.2 Å².